The van der Waals surface area contributed by atoms with Crippen molar-refractivity contribution in [3.8, 4) is 0 Å². The third-order valence-corrected chi connectivity index (χ3v) is 5.00. The van der Waals surface area contributed by atoms with Gasteiger partial charge in [0, 0.05) is 25.7 Å². The summed E-state index contributed by atoms with van der Waals surface area (Å²) in [5, 5.41) is 9.26. The number of hydrogen-bond acceptors (Lipinski definition) is 4. The smallest absolute Gasteiger partial charge is 0.280 e. The molecule has 0 aromatic rings. The van der Waals surface area contributed by atoms with Gasteiger partial charge in [-0.05, 0) is 19.3 Å². The Morgan fingerprint density at radius 3 is 2.78 bits per heavy atom. The van der Waals surface area contributed by atoms with Gasteiger partial charge in [0.15, 0.2) is 0 Å². The van der Waals surface area contributed by atoms with E-state index in [2.05, 4.69) is 4.72 Å². The van der Waals surface area contributed by atoms with Gasteiger partial charge in [0.1, 0.15) is 0 Å². The van der Waals surface area contributed by atoms with Gasteiger partial charge in [-0.2, -0.15) is 17.4 Å². The lowest BCUT2D eigenvalue weighted by Gasteiger charge is -2.34. The summed E-state index contributed by atoms with van der Waals surface area (Å²) in [4.78, 5) is 0. The molecule has 1 heterocycles. The molecule has 1 rings (SSSR count). The standard InChI is InChI=1S/C11H24N2O4S/c1-3-10(9-17-2)12-18(15,16)13-7-5-4-6-11(13)8-14/h10-12,14H,3-9H2,1-2H3. The molecule has 2 atom stereocenters. The van der Waals surface area contributed by atoms with Crippen molar-refractivity contribution in [2.45, 2.75) is 44.7 Å². The number of aliphatic hydroxyl groups is 1. The van der Waals surface area contributed by atoms with E-state index in [0.29, 0.717) is 19.6 Å². The van der Waals surface area contributed by atoms with Crippen LogP contribution < -0.4 is 4.72 Å². The molecule has 1 saturated heterocycles. The Balaban J connectivity index is 2.71. The lowest BCUT2D eigenvalue weighted by molar-refractivity contribution is 0.148. The van der Waals surface area contributed by atoms with E-state index in [1.165, 1.54) is 4.31 Å². The van der Waals surface area contributed by atoms with Crippen LogP contribution in [0.5, 0.6) is 0 Å². The van der Waals surface area contributed by atoms with Crippen LogP contribution in [-0.2, 0) is 14.9 Å². The molecule has 0 aliphatic carbocycles. The Morgan fingerprint density at radius 2 is 2.22 bits per heavy atom. The van der Waals surface area contributed by atoms with Crippen LogP contribution in [0, 0.1) is 0 Å². The molecule has 0 saturated carbocycles. The Hall–Kier alpha value is -0.210. The molecular weight excluding hydrogens is 256 g/mol. The number of methoxy groups -OCH3 is 1. The first-order valence-electron chi connectivity index (χ1n) is 6.44. The van der Waals surface area contributed by atoms with Gasteiger partial charge in [-0.3, -0.25) is 0 Å². The van der Waals surface area contributed by atoms with E-state index >= 15 is 0 Å². The fraction of sp³-hybridized carbons (Fsp3) is 1.00. The molecule has 0 bridgehead atoms. The van der Waals surface area contributed by atoms with Crippen LogP contribution in [0.15, 0.2) is 0 Å². The largest absolute Gasteiger partial charge is 0.395 e. The van der Waals surface area contributed by atoms with Crippen molar-refractivity contribution in [1.82, 2.24) is 9.03 Å². The summed E-state index contributed by atoms with van der Waals surface area (Å²) in [7, 11) is -1.98. The van der Waals surface area contributed by atoms with E-state index in [0.717, 1.165) is 19.3 Å². The van der Waals surface area contributed by atoms with E-state index in [1.807, 2.05) is 6.92 Å². The van der Waals surface area contributed by atoms with Crippen LogP contribution >= 0.6 is 0 Å². The minimum atomic E-state index is -3.53. The first-order valence-corrected chi connectivity index (χ1v) is 7.88. The molecule has 0 aromatic carbocycles. The maximum atomic E-state index is 12.2. The summed E-state index contributed by atoms with van der Waals surface area (Å²) >= 11 is 0. The Labute approximate surface area is 109 Å². The van der Waals surface area contributed by atoms with Crippen molar-refractivity contribution in [3.63, 3.8) is 0 Å². The van der Waals surface area contributed by atoms with E-state index in [4.69, 9.17) is 4.74 Å². The highest BCUT2D eigenvalue weighted by Crippen LogP contribution is 2.19. The van der Waals surface area contributed by atoms with Crippen molar-refractivity contribution < 1.29 is 18.3 Å². The van der Waals surface area contributed by atoms with Crippen LogP contribution in [0.25, 0.3) is 0 Å². The fourth-order valence-corrected chi connectivity index (χ4v) is 3.91. The second-order valence-corrected chi connectivity index (χ2v) is 6.28. The minimum absolute atomic E-state index is 0.123. The second-order valence-electron chi connectivity index (χ2n) is 4.63. The molecule has 0 amide bonds. The minimum Gasteiger partial charge on any atom is -0.395 e. The number of nitrogens with zero attached hydrogens (tertiary/aromatic N) is 1. The average molecular weight is 280 g/mol. The molecule has 1 fully saturated rings. The number of nitrogens with one attached hydrogen (secondary N) is 1. The number of aliphatic hydroxyl groups excluding tert-OH is 1. The predicted molar refractivity (Wildman–Crippen MR) is 69.4 cm³/mol. The molecule has 0 spiro atoms. The molecular formula is C11H24N2O4S. The first-order chi connectivity index (χ1) is 8.55. The summed E-state index contributed by atoms with van der Waals surface area (Å²) < 4.78 is 33.5. The van der Waals surface area contributed by atoms with E-state index in [1.54, 1.807) is 7.11 Å². The summed E-state index contributed by atoms with van der Waals surface area (Å²) in [5.74, 6) is 0. The zero-order valence-electron chi connectivity index (χ0n) is 11.1. The van der Waals surface area contributed by atoms with Gasteiger partial charge in [0.2, 0.25) is 0 Å². The summed E-state index contributed by atoms with van der Waals surface area (Å²) in [6.45, 7) is 2.62. The second kappa shape index (κ2) is 7.40. The fourth-order valence-electron chi connectivity index (χ4n) is 2.19. The van der Waals surface area contributed by atoms with E-state index < -0.39 is 10.2 Å². The topological polar surface area (TPSA) is 78.9 Å². The van der Waals surface area contributed by atoms with Crippen LogP contribution in [0.1, 0.15) is 32.6 Å². The Bertz CT molecular complexity index is 334. The van der Waals surface area contributed by atoms with Gasteiger partial charge in [0.25, 0.3) is 10.2 Å². The highest BCUT2D eigenvalue weighted by Gasteiger charge is 2.32. The zero-order valence-corrected chi connectivity index (χ0v) is 11.9. The summed E-state index contributed by atoms with van der Waals surface area (Å²) in [6, 6.07) is -0.516. The van der Waals surface area contributed by atoms with Crippen LogP contribution in [0.2, 0.25) is 0 Å². The number of ether oxygens (including phenoxy) is 1. The maximum Gasteiger partial charge on any atom is 0.280 e. The Kier molecular flexibility index (Phi) is 6.51. The van der Waals surface area contributed by atoms with Crippen molar-refractivity contribution in [2.75, 3.05) is 26.9 Å². The first kappa shape index (κ1) is 15.8. The number of rotatable bonds is 7. The number of piperidine rings is 1. The molecule has 1 aliphatic rings. The highest BCUT2D eigenvalue weighted by molar-refractivity contribution is 7.87. The predicted octanol–water partition coefficient (Wildman–Crippen LogP) is 0.0926. The molecule has 6 nitrogen and oxygen atoms in total. The molecule has 108 valence electrons. The van der Waals surface area contributed by atoms with Gasteiger partial charge in [-0.1, -0.05) is 13.3 Å². The highest BCUT2D eigenvalue weighted by atomic mass is 32.2. The zero-order chi connectivity index (χ0) is 13.6. The summed E-state index contributed by atoms with van der Waals surface area (Å²) in [5.41, 5.74) is 0. The quantitative estimate of drug-likeness (QED) is 0.693. The Morgan fingerprint density at radius 1 is 1.50 bits per heavy atom. The van der Waals surface area contributed by atoms with Gasteiger partial charge < -0.3 is 9.84 Å². The van der Waals surface area contributed by atoms with Crippen molar-refractivity contribution >= 4 is 10.2 Å². The van der Waals surface area contributed by atoms with Gasteiger partial charge in [-0.15, -0.1) is 0 Å². The van der Waals surface area contributed by atoms with Crippen LogP contribution in [0.3, 0.4) is 0 Å². The van der Waals surface area contributed by atoms with Crippen LogP contribution in [-0.4, -0.2) is 56.8 Å². The molecule has 0 aromatic heterocycles. The average Bonchev–Trinajstić information content (AvgIpc) is 2.38. The summed E-state index contributed by atoms with van der Waals surface area (Å²) in [6.07, 6.45) is 3.20. The maximum absolute atomic E-state index is 12.2. The van der Waals surface area contributed by atoms with Gasteiger partial charge in [0.05, 0.1) is 13.2 Å². The monoisotopic (exact) mass is 280 g/mol. The lowest BCUT2D eigenvalue weighted by atomic mass is 10.1. The van der Waals surface area contributed by atoms with Crippen molar-refractivity contribution in [1.29, 1.82) is 0 Å². The molecule has 0 radical (unpaired) electrons. The molecule has 2 unspecified atom stereocenters. The third-order valence-electron chi connectivity index (χ3n) is 3.27. The normalized spacial score (nSPS) is 24.1. The SMILES string of the molecule is CCC(COC)NS(=O)(=O)N1CCCCC1CO. The lowest BCUT2D eigenvalue weighted by Crippen LogP contribution is -2.53. The van der Waals surface area contributed by atoms with E-state index in [-0.39, 0.29) is 18.7 Å². The third kappa shape index (κ3) is 4.17. The molecule has 2 N–H and O–H groups in total. The van der Waals surface area contributed by atoms with Crippen molar-refractivity contribution in [3.05, 3.63) is 0 Å². The van der Waals surface area contributed by atoms with E-state index in [9.17, 15) is 13.5 Å². The van der Waals surface area contributed by atoms with Crippen molar-refractivity contribution in [2.24, 2.45) is 0 Å². The van der Waals surface area contributed by atoms with Crippen LogP contribution in [0.4, 0.5) is 0 Å². The van der Waals surface area contributed by atoms with Gasteiger partial charge >= 0.3 is 0 Å². The van der Waals surface area contributed by atoms with Gasteiger partial charge in [-0.25, -0.2) is 0 Å². The molecule has 7 heteroatoms. The number of hydrogen-bond donors (Lipinski definition) is 2. The molecule has 18 heavy (non-hydrogen) atoms. The molecule has 1 aliphatic heterocycles.